The van der Waals surface area contributed by atoms with E-state index in [1.165, 1.54) is 0 Å². The summed E-state index contributed by atoms with van der Waals surface area (Å²) in [7, 11) is 0. The lowest BCUT2D eigenvalue weighted by atomic mass is 10.0. The lowest BCUT2D eigenvalue weighted by Crippen LogP contribution is -2.54. The Hall–Kier alpha value is -2.33. The molecule has 0 fully saturated rings. The van der Waals surface area contributed by atoms with Crippen LogP contribution in [-0.4, -0.2) is 34.8 Å². The molecule has 0 aliphatic carbocycles. The van der Waals surface area contributed by atoms with Crippen LogP contribution in [0.4, 0.5) is 0 Å². The van der Waals surface area contributed by atoms with Gasteiger partial charge in [0, 0.05) is 17.1 Å². The minimum Gasteiger partial charge on any atom is -0.350 e. The molecule has 29 heavy (non-hydrogen) atoms. The van der Waals surface area contributed by atoms with Gasteiger partial charge in [0.25, 0.3) is 0 Å². The maximum atomic E-state index is 13.2. The Balaban J connectivity index is 2.22. The largest absolute Gasteiger partial charge is 0.350 e. The van der Waals surface area contributed by atoms with Crippen molar-refractivity contribution in [2.75, 3.05) is 6.54 Å². The Morgan fingerprint density at radius 3 is 2.28 bits per heavy atom. The smallest absolute Gasteiger partial charge is 0.243 e. The summed E-state index contributed by atoms with van der Waals surface area (Å²) in [5, 5.41) is 3.62. The van der Waals surface area contributed by atoms with E-state index >= 15 is 0 Å². The van der Waals surface area contributed by atoms with Crippen LogP contribution in [0.1, 0.15) is 45.2 Å². The predicted molar refractivity (Wildman–Crippen MR) is 119 cm³/mol. The molecule has 1 atom stereocenters. The molecule has 2 rings (SSSR count). The maximum absolute atomic E-state index is 13.2. The van der Waals surface area contributed by atoms with Crippen molar-refractivity contribution < 1.29 is 9.59 Å². The van der Waals surface area contributed by atoms with Crippen molar-refractivity contribution in [1.82, 2.24) is 10.2 Å². The summed E-state index contributed by atoms with van der Waals surface area (Å²) in [4.78, 5) is 27.9. The van der Waals surface area contributed by atoms with Gasteiger partial charge >= 0.3 is 0 Å². The minimum atomic E-state index is -0.510. The summed E-state index contributed by atoms with van der Waals surface area (Å²) in [6.07, 6.45) is 1.47. The lowest BCUT2D eigenvalue weighted by Gasteiger charge is -2.33. The molecule has 0 aromatic heterocycles. The van der Waals surface area contributed by atoms with E-state index in [-0.39, 0.29) is 23.8 Å². The van der Waals surface area contributed by atoms with E-state index in [9.17, 15) is 9.59 Å². The number of nitrogens with one attached hydrogen (secondary N) is 1. The van der Waals surface area contributed by atoms with Gasteiger partial charge < -0.3 is 10.2 Å². The SMILES string of the molecule is CCC(C(=O)NC(C)(C)C)N(CCc1ccccc1)C(=O)Cc1cccc(Cl)c1. The monoisotopic (exact) mass is 414 g/mol. The predicted octanol–water partition coefficient (Wildman–Crippen LogP) is 4.65. The Bertz CT molecular complexity index is 815. The second-order valence-electron chi connectivity index (χ2n) is 8.29. The molecule has 0 saturated carbocycles. The fourth-order valence-corrected chi connectivity index (χ4v) is 3.48. The Morgan fingerprint density at radius 2 is 1.69 bits per heavy atom. The summed E-state index contributed by atoms with van der Waals surface area (Å²) in [5.74, 6) is -0.188. The summed E-state index contributed by atoms with van der Waals surface area (Å²) >= 11 is 6.07. The van der Waals surface area contributed by atoms with E-state index in [0.717, 1.165) is 11.1 Å². The molecule has 1 unspecified atom stereocenters. The van der Waals surface area contributed by atoms with Gasteiger partial charge in [-0.05, 0) is 56.9 Å². The number of rotatable bonds is 8. The van der Waals surface area contributed by atoms with Crippen molar-refractivity contribution >= 4 is 23.4 Å². The molecule has 0 radical (unpaired) electrons. The van der Waals surface area contributed by atoms with Crippen molar-refractivity contribution in [1.29, 1.82) is 0 Å². The van der Waals surface area contributed by atoms with Crippen molar-refractivity contribution in [2.24, 2.45) is 0 Å². The van der Waals surface area contributed by atoms with Gasteiger partial charge in [-0.15, -0.1) is 0 Å². The van der Waals surface area contributed by atoms with Crippen LogP contribution >= 0.6 is 11.6 Å². The van der Waals surface area contributed by atoms with E-state index in [0.29, 0.717) is 24.4 Å². The maximum Gasteiger partial charge on any atom is 0.243 e. The molecule has 0 spiro atoms. The summed E-state index contributed by atoms with van der Waals surface area (Å²) in [5.41, 5.74) is 1.63. The molecule has 0 aliphatic rings. The van der Waals surface area contributed by atoms with E-state index in [4.69, 9.17) is 11.6 Å². The molecule has 0 bridgehead atoms. The molecule has 4 nitrogen and oxygen atoms in total. The second kappa shape index (κ2) is 10.4. The highest BCUT2D eigenvalue weighted by atomic mass is 35.5. The lowest BCUT2D eigenvalue weighted by molar-refractivity contribution is -0.140. The van der Waals surface area contributed by atoms with Crippen molar-refractivity contribution in [3.8, 4) is 0 Å². The zero-order valence-corrected chi connectivity index (χ0v) is 18.5. The van der Waals surface area contributed by atoms with Crippen LogP contribution in [0.3, 0.4) is 0 Å². The van der Waals surface area contributed by atoms with E-state index < -0.39 is 6.04 Å². The molecule has 0 aliphatic heterocycles. The van der Waals surface area contributed by atoms with Crippen molar-refractivity contribution in [3.05, 3.63) is 70.7 Å². The summed E-state index contributed by atoms with van der Waals surface area (Å²) in [6.45, 7) is 8.26. The van der Waals surface area contributed by atoms with Gasteiger partial charge in [0.05, 0.1) is 6.42 Å². The molecule has 156 valence electrons. The topological polar surface area (TPSA) is 49.4 Å². The van der Waals surface area contributed by atoms with Crippen LogP contribution in [0.25, 0.3) is 0 Å². The minimum absolute atomic E-state index is 0.0703. The molecular formula is C24H31ClN2O2. The molecule has 2 aromatic carbocycles. The van der Waals surface area contributed by atoms with Crippen LogP contribution in [-0.2, 0) is 22.4 Å². The van der Waals surface area contributed by atoms with Crippen molar-refractivity contribution in [3.63, 3.8) is 0 Å². The summed E-state index contributed by atoms with van der Waals surface area (Å²) in [6, 6.07) is 16.8. The number of halogens is 1. The molecular weight excluding hydrogens is 384 g/mol. The standard InChI is InChI=1S/C24H31ClN2O2/c1-5-21(23(29)26-24(2,3)4)27(15-14-18-10-7-6-8-11-18)22(28)17-19-12-9-13-20(25)16-19/h6-13,16,21H,5,14-15,17H2,1-4H3,(H,26,29). The first kappa shape index (κ1) is 23.0. The summed E-state index contributed by atoms with van der Waals surface area (Å²) < 4.78 is 0. The number of hydrogen-bond acceptors (Lipinski definition) is 2. The first-order valence-electron chi connectivity index (χ1n) is 10.1. The number of amides is 2. The number of carbonyl (C=O) groups is 2. The van der Waals surface area contributed by atoms with Gasteiger partial charge in [0.1, 0.15) is 6.04 Å². The zero-order chi connectivity index (χ0) is 21.4. The average Bonchev–Trinajstić information content (AvgIpc) is 2.64. The third-order valence-corrected chi connectivity index (χ3v) is 4.85. The first-order valence-corrected chi connectivity index (χ1v) is 10.5. The van der Waals surface area contributed by atoms with Crippen LogP contribution in [0, 0.1) is 0 Å². The van der Waals surface area contributed by atoms with E-state index in [1.54, 1.807) is 17.0 Å². The highest BCUT2D eigenvalue weighted by Gasteiger charge is 2.30. The third-order valence-electron chi connectivity index (χ3n) is 4.61. The van der Waals surface area contributed by atoms with E-state index in [1.807, 2.05) is 70.2 Å². The molecule has 0 saturated heterocycles. The van der Waals surface area contributed by atoms with Gasteiger partial charge in [-0.3, -0.25) is 9.59 Å². The van der Waals surface area contributed by atoms with Crippen LogP contribution in [0.5, 0.6) is 0 Å². The third kappa shape index (κ3) is 7.54. The highest BCUT2D eigenvalue weighted by molar-refractivity contribution is 6.30. The molecule has 5 heteroatoms. The molecule has 2 aromatic rings. The van der Waals surface area contributed by atoms with Gasteiger partial charge in [-0.1, -0.05) is 61.0 Å². The quantitative estimate of drug-likeness (QED) is 0.683. The van der Waals surface area contributed by atoms with Crippen LogP contribution in [0.2, 0.25) is 5.02 Å². The fourth-order valence-electron chi connectivity index (χ4n) is 3.27. The molecule has 0 heterocycles. The van der Waals surface area contributed by atoms with Gasteiger partial charge in [0.2, 0.25) is 11.8 Å². The van der Waals surface area contributed by atoms with Gasteiger partial charge in [-0.2, -0.15) is 0 Å². The zero-order valence-electron chi connectivity index (χ0n) is 17.7. The average molecular weight is 415 g/mol. The number of carbonyl (C=O) groups excluding carboxylic acids is 2. The van der Waals surface area contributed by atoms with Gasteiger partial charge in [-0.25, -0.2) is 0 Å². The van der Waals surface area contributed by atoms with E-state index in [2.05, 4.69) is 5.32 Å². The Morgan fingerprint density at radius 1 is 1.03 bits per heavy atom. The number of benzene rings is 2. The molecule has 2 amide bonds. The second-order valence-corrected chi connectivity index (χ2v) is 8.73. The highest BCUT2D eigenvalue weighted by Crippen LogP contribution is 2.16. The normalized spacial score (nSPS) is 12.3. The van der Waals surface area contributed by atoms with Crippen LogP contribution in [0.15, 0.2) is 54.6 Å². The number of nitrogens with zero attached hydrogens (tertiary/aromatic N) is 1. The molecule has 1 N–H and O–H groups in total. The first-order chi connectivity index (χ1) is 13.7. The Kier molecular flexibility index (Phi) is 8.27. The van der Waals surface area contributed by atoms with Crippen molar-refractivity contribution in [2.45, 2.75) is 58.5 Å². The van der Waals surface area contributed by atoms with Gasteiger partial charge in [0.15, 0.2) is 0 Å². The Labute approximate surface area is 179 Å². The fraction of sp³-hybridized carbons (Fsp3) is 0.417. The van der Waals surface area contributed by atoms with Crippen LogP contribution < -0.4 is 5.32 Å². The number of hydrogen-bond donors (Lipinski definition) is 1.